The topological polar surface area (TPSA) is 55.1 Å². The highest BCUT2D eigenvalue weighted by molar-refractivity contribution is 5.99. The summed E-state index contributed by atoms with van der Waals surface area (Å²) in [5.74, 6) is -0.0222. The van der Waals surface area contributed by atoms with Crippen LogP contribution in [-0.4, -0.2) is 11.9 Å². The van der Waals surface area contributed by atoms with Gasteiger partial charge in [0.25, 0.3) is 5.91 Å². The molecular formula is C13H17FN2O. The minimum absolute atomic E-state index is 0.190. The Balaban J connectivity index is 1.96. The molecule has 4 heteroatoms. The van der Waals surface area contributed by atoms with Crippen LogP contribution in [0.25, 0.3) is 0 Å². The van der Waals surface area contributed by atoms with Gasteiger partial charge >= 0.3 is 0 Å². The largest absolute Gasteiger partial charge is 0.398 e. The van der Waals surface area contributed by atoms with Crippen LogP contribution >= 0.6 is 0 Å². The fourth-order valence-electron chi connectivity index (χ4n) is 2.10. The summed E-state index contributed by atoms with van der Waals surface area (Å²) in [6, 6.07) is 4.12. The molecule has 92 valence electrons. The van der Waals surface area contributed by atoms with Gasteiger partial charge in [-0.1, -0.05) is 13.3 Å². The average molecular weight is 236 g/mol. The maximum Gasteiger partial charge on any atom is 0.253 e. The number of carbonyl (C=O) groups is 1. The number of nitrogen functional groups attached to an aromatic ring is 1. The third-order valence-corrected chi connectivity index (χ3v) is 3.16. The Bertz CT molecular complexity index is 433. The molecule has 1 saturated carbocycles. The summed E-state index contributed by atoms with van der Waals surface area (Å²) in [5, 5.41) is 2.92. The normalized spacial score (nSPS) is 22.2. The highest BCUT2D eigenvalue weighted by Gasteiger charge is 2.37. The predicted molar refractivity (Wildman–Crippen MR) is 65.1 cm³/mol. The number of amides is 1. The molecule has 1 fully saturated rings. The molecule has 0 saturated heterocycles. The number of hydrogen-bond acceptors (Lipinski definition) is 2. The van der Waals surface area contributed by atoms with Crippen LogP contribution in [0.15, 0.2) is 18.2 Å². The summed E-state index contributed by atoms with van der Waals surface area (Å²) in [4.78, 5) is 11.9. The second-order valence-electron chi connectivity index (χ2n) is 4.60. The molecule has 0 aliphatic heterocycles. The van der Waals surface area contributed by atoms with Crippen molar-refractivity contribution < 1.29 is 9.18 Å². The first kappa shape index (κ1) is 11.9. The van der Waals surface area contributed by atoms with Crippen LogP contribution in [-0.2, 0) is 0 Å². The van der Waals surface area contributed by atoms with Crippen LogP contribution in [0, 0.1) is 11.7 Å². The van der Waals surface area contributed by atoms with Gasteiger partial charge in [-0.25, -0.2) is 4.39 Å². The van der Waals surface area contributed by atoms with Gasteiger partial charge in [0.1, 0.15) is 5.82 Å². The first-order valence-electron chi connectivity index (χ1n) is 5.97. The fourth-order valence-corrected chi connectivity index (χ4v) is 2.10. The van der Waals surface area contributed by atoms with E-state index in [2.05, 4.69) is 12.2 Å². The van der Waals surface area contributed by atoms with E-state index < -0.39 is 5.82 Å². The van der Waals surface area contributed by atoms with Gasteiger partial charge in [-0.15, -0.1) is 0 Å². The van der Waals surface area contributed by atoms with Gasteiger partial charge in [0.15, 0.2) is 0 Å². The molecule has 2 rings (SSSR count). The van der Waals surface area contributed by atoms with E-state index in [9.17, 15) is 9.18 Å². The molecule has 0 heterocycles. The SMILES string of the molecule is CCCC1CC1NC(=O)c1ccc(F)cc1N. The Morgan fingerprint density at radius 3 is 3.00 bits per heavy atom. The molecule has 1 aliphatic rings. The Labute approximate surface area is 100 Å². The third kappa shape index (κ3) is 2.75. The van der Waals surface area contributed by atoms with Crippen molar-refractivity contribution in [2.75, 3.05) is 5.73 Å². The molecule has 0 radical (unpaired) electrons. The van der Waals surface area contributed by atoms with Crippen LogP contribution in [0.2, 0.25) is 0 Å². The zero-order valence-electron chi connectivity index (χ0n) is 9.87. The first-order valence-corrected chi connectivity index (χ1v) is 5.97. The van der Waals surface area contributed by atoms with Crippen LogP contribution in [0.5, 0.6) is 0 Å². The Kier molecular flexibility index (Phi) is 3.31. The fraction of sp³-hybridized carbons (Fsp3) is 0.462. The second-order valence-corrected chi connectivity index (χ2v) is 4.60. The maximum absolute atomic E-state index is 12.8. The highest BCUT2D eigenvalue weighted by atomic mass is 19.1. The average Bonchev–Trinajstić information content (AvgIpc) is 2.96. The monoisotopic (exact) mass is 236 g/mol. The number of benzene rings is 1. The van der Waals surface area contributed by atoms with Gasteiger partial charge in [-0.3, -0.25) is 4.79 Å². The molecule has 2 unspecified atom stereocenters. The lowest BCUT2D eigenvalue weighted by Gasteiger charge is -2.07. The van der Waals surface area contributed by atoms with Crippen LogP contribution in [0.3, 0.4) is 0 Å². The molecule has 3 N–H and O–H groups in total. The lowest BCUT2D eigenvalue weighted by atomic mass is 10.1. The minimum atomic E-state index is -0.422. The van der Waals surface area contributed by atoms with Gasteiger partial charge in [0.05, 0.1) is 5.56 Å². The van der Waals surface area contributed by atoms with Gasteiger partial charge in [-0.2, -0.15) is 0 Å². The molecule has 0 aromatic heterocycles. The summed E-state index contributed by atoms with van der Waals surface area (Å²) in [7, 11) is 0. The Morgan fingerprint density at radius 2 is 2.35 bits per heavy atom. The molecule has 3 nitrogen and oxygen atoms in total. The quantitative estimate of drug-likeness (QED) is 0.788. The number of hydrogen-bond donors (Lipinski definition) is 2. The van der Waals surface area contributed by atoms with E-state index >= 15 is 0 Å². The van der Waals surface area contributed by atoms with E-state index in [4.69, 9.17) is 5.73 Å². The molecule has 1 aromatic carbocycles. The van der Waals surface area contributed by atoms with Gasteiger partial charge in [0, 0.05) is 11.7 Å². The number of carbonyl (C=O) groups excluding carboxylic acids is 1. The molecule has 0 bridgehead atoms. The number of rotatable bonds is 4. The summed E-state index contributed by atoms with van der Waals surface area (Å²) < 4.78 is 12.8. The molecule has 1 aliphatic carbocycles. The van der Waals surface area contributed by atoms with E-state index in [1.54, 1.807) is 0 Å². The van der Waals surface area contributed by atoms with Gasteiger partial charge in [-0.05, 0) is 37.0 Å². The van der Waals surface area contributed by atoms with Crippen molar-refractivity contribution in [3.63, 3.8) is 0 Å². The number of nitrogens with one attached hydrogen (secondary N) is 1. The van der Waals surface area contributed by atoms with Crippen molar-refractivity contribution in [3.05, 3.63) is 29.6 Å². The van der Waals surface area contributed by atoms with Crippen molar-refractivity contribution >= 4 is 11.6 Å². The van der Waals surface area contributed by atoms with E-state index in [-0.39, 0.29) is 17.6 Å². The standard InChI is InChI=1S/C13H17FN2O/c1-2-3-8-6-12(8)16-13(17)10-5-4-9(14)7-11(10)15/h4-5,7-8,12H,2-3,6,15H2,1H3,(H,16,17). The third-order valence-electron chi connectivity index (χ3n) is 3.16. The van der Waals surface area contributed by atoms with Gasteiger partial charge in [0.2, 0.25) is 0 Å². The molecule has 0 spiro atoms. The lowest BCUT2D eigenvalue weighted by Crippen LogP contribution is -2.27. The number of halogens is 1. The smallest absolute Gasteiger partial charge is 0.253 e. The van der Waals surface area contributed by atoms with Crippen molar-refractivity contribution in [1.82, 2.24) is 5.32 Å². The zero-order chi connectivity index (χ0) is 12.4. The predicted octanol–water partition coefficient (Wildman–Crippen LogP) is 2.33. The minimum Gasteiger partial charge on any atom is -0.398 e. The Morgan fingerprint density at radius 1 is 1.59 bits per heavy atom. The molecule has 17 heavy (non-hydrogen) atoms. The highest BCUT2D eigenvalue weighted by Crippen LogP contribution is 2.34. The van der Waals surface area contributed by atoms with Gasteiger partial charge < -0.3 is 11.1 Å². The van der Waals surface area contributed by atoms with E-state index in [0.29, 0.717) is 11.5 Å². The molecule has 1 amide bonds. The Hall–Kier alpha value is -1.58. The molecule has 2 atom stereocenters. The summed E-state index contributed by atoms with van der Waals surface area (Å²) in [5.41, 5.74) is 6.16. The van der Waals surface area contributed by atoms with Crippen molar-refractivity contribution in [2.24, 2.45) is 5.92 Å². The van der Waals surface area contributed by atoms with Crippen LogP contribution in [0.4, 0.5) is 10.1 Å². The first-order chi connectivity index (χ1) is 8.11. The second kappa shape index (κ2) is 4.73. The molecule has 1 aromatic rings. The van der Waals surface area contributed by atoms with Crippen molar-refractivity contribution in [2.45, 2.75) is 32.2 Å². The van der Waals surface area contributed by atoms with Crippen molar-refractivity contribution in [3.8, 4) is 0 Å². The van der Waals surface area contributed by atoms with Crippen LogP contribution < -0.4 is 11.1 Å². The molecular weight excluding hydrogens is 219 g/mol. The van der Waals surface area contributed by atoms with E-state index in [1.807, 2.05) is 0 Å². The van der Waals surface area contributed by atoms with Crippen LogP contribution in [0.1, 0.15) is 36.5 Å². The lowest BCUT2D eigenvalue weighted by molar-refractivity contribution is 0.0949. The van der Waals surface area contributed by atoms with Crippen molar-refractivity contribution in [1.29, 1.82) is 0 Å². The van der Waals surface area contributed by atoms with E-state index in [0.717, 1.165) is 19.3 Å². The summed E-state index contributed by atoms with van der Waals surface area (Å²) >= 11 is 0. The summed E-state index contributed by atoms with van der Waals surface area (Å²) in [6.07, 6.45) is 3.32. The maximum atomic E-state index is 12.8. The number of anilines is 1. The number of nitrogens with two attached hydrogens (primary N) is 1. The zero-order valence-corrected chi connectivity index (χ0v) is 9.87. The van der Waals surface area contributed by atoms with E-state index in [1.165, 1.54) is 18.2 Å². The summed E-state index contributed by atoms with van der Waals surface area (Å²) in [6.45, 7) is 2.13.